The number of rotatable bonds is 4. The first kappa shape index (κ1) is 11.0. The molecule has 0 aromatic carbocycles. The number of ether oxygens (including phenoxy) is 1. The molecule has 0 aromatic heterocycles. The lowest BCUT2D eigenvalue weighted by Gasteiger charge is -2.21. The van der Waals surface area contributed by atoms with Crippen molar-refractivity contribution < 1.29 is 9.53 Å². The normalized spacial score (nSPS) is 21.2. The highest BCUT2D eigenvalue weighted by atomic mass is 16.5. The molecule has 1 N–H and O–H groups in total. The van der Waals surface area contributed by atoms with Gasteiger partial charge in [-0.3, -0.25) is 4.79 Å². The van der Waals surface area contributed by atoms with Crippen molar-refractivity contribution in [2.75, 3.05) is 13.2 Å². The molecule has 78 valence electrons. The van der Waals surface area contributed by atoms with Crippen LogP contribution >= 0.6 is 0 Å². The van der Waals surface area contributed by atoms with Crippen LogP contribution in [0.15, 0.2) is 0 Å². The first-order chi connectivity index (χ1) is 6.84. The van der Waals surface area contributed by atoms with Gasteiger partial charge in [0.05, 0.1) is 6.07 Å². The number of hydrogen-bond donors (Lipinski definition) is 1. The van der Waals surface area contributed by atoms with Gasteiger partial charge in [0.2, 0.25) is 5.91 Å². The summed E-state index contributed by atoms with van der Waals surface area (Å²) >= 11 is 0. The maximum Gasteiger partial charge on any atom is 0.249 e. The predicted molar refractivity (Wildman–Crippen MR) is 51.4 cm³/mol. The van der Waals surface area contributed by atoms with Crippen LogP contribution in [-0.2, 0) is 9.53 Å². The smallest absolute Gasteiger partial charge is 0.249 e. The Morgan fingerprint density at radius 3 is 3.07 bits per heavy atom. The summed E-state index contributed by atoms with van der Waals surface area (Å²) in [5, 5.41) is 11.1. The molecule has 1 amide bonds. The van der Waals surface area contributed by atoms with Crippen LogP contribution in [0.3, 0.4) is 0 Å². The SMILES string of the molecule is N#CCCCNC(=O)C1CCCCO1. The number of amides is 1. The summed E-state index contributed by atoms with van der Waals surface area (Å²) in [6.07, 6.45) is 3.89. The summed E-state index contributed by atoms with van der Waals surface area (Å²) in [5.74, 6) is -0.0253. The van der Waals surface area contributed by atoms with Gasteiger partial charge in [0.15, 0.2) is 0 Å². The van der Waals surface area contributed by atoms with E-state index in [4.69, 9.17) is 10.00 Å². The summed E-state index contributed by atoms with van der Waals surface area (Å²) in [5.41, 5.74) is 0. The molecule has 4 heteroatoms. The Balaban J connectivity index is 2.11. The van der Waals surface area contributed by atoms with Crippen LogP contribution in [0.1, 0.15) is 32.1 Å². The Hall–Kier alpha value is -1.08. The van der Waals surface area contributed by atoms with Gasteiger partial charge >= 0.3 is 0 Å². The highest BCUT2D eigenvalue weighted by molar-refractivity contribution is 5.80. The van der Waals surface area contributed by atoms with Crippen LogP contribution in [0.25, 0.3) is 0 Å². The fourth-order valence-corrected chi connectivity index (χ4v) is 1.44. The molecule has 0 spiro atoms. The maximum atomic E-state index is 11.4. The predicted octanol–water partition coefficient (Wildman–Crippen LogP) is 0.975. The van der Waals surface area contributed by atoms with Crippen molar-refractivity contribution >= 4 is 5.91 Å². The molecule has 1 heterocycles. The van der Waals surface area contributed by atoms with Crippen LogP contribution in [-0.4, -0.2) is 25.2 Å². The van der Waals surface area contributed by atoms with E-state index in [-0.39, 0.29) is 12.0 Å². The lowest BCUT2D eigenvalue weighted by atomic mass is 10.1. The highest BCUT2D eigenvalue weighted by Gasteiger charge is 2.20. The third kappa shape index (κ3) is 3.75. The average molecular weight is 196 g/mol. The fraction of sp³-hybridized carbons (Fsp3) is 0.800. The van der Waals surface area contributed by atoms with E-state index >= 15 is 0 Å². The second-order valence-corrected chi connectivity index (χ2v) is 3.41. The van der Waals surface area contributed by atoms with Crippen LogP contribution in [0.5, 0.6) is 0 Å². The summed E-state index contributed by atoms with van der Waals surface area (Å²) in [7, 11) is 0. The topological polar surface area (TPSA) is 62.1 Å². The Morgan fingerprint density at radius 1 is 1.57 bits per heavy atom. The van der Waals surface area contributed by atoms with Gasteiger partial charge in [0.25, 0.3) is 0 Å². The van der Waals surface area contributed by atoms with Gasteiger partial charge in [-0.15, -0.1) is 0 Å². The molecule has 1 aliphatic heterocycles. The molecule has 0 aliphatic carbocycles. The van der Waals surface area contributed by atoms with Crippen molar-refractivity contribution in [3.8, 4) is 6.07 Å². The standard InChI is InChI=1S/C10H16N2O2/c11-6-2-3-7-12-10(13)9-5-1-4-8-14-9/h9H,1-5,7-8H2,(H,12,13). The van der Waals surface area contributed by atoms with Crippen molar-refractivity contribution in [2.45, 2.75) is 38.2 Å². The summed E-state index contributed by atoms with van der Waals surface area (Å²) in [4.78, 5) is 11.4. The number of nitrogens with zero attached hydrogens (tertiary/aromatic N) is 1. The van der Waals surface area contributed by atoms with E-state index in [1.165, 1.54) is 0 Å². The van der Waals surface area contributed by atoms with E-state index in [1.54, 1.807) is 0 Å². The van der Waals surface area contributed by atoms with Crippen LogP contribution in [0.2, 0.25) is 0 Å². The second-order valence-electron chi connectivity index (χ2n) is 3.41. The third-order valence-electron chi connectivity index (χ3n) is 2.24. The molecule has 0 saturated carbocycles. The second kappa shape index (κ2) is 6.39. The van der Waals surface area contributed by atoms with Crippen molar-refractivity contribution in [1.82, 2.24) is 5.32 Å². The Kier molecular flexibility index (Phi) is 5.02. The molecule has 0 aromatic rings. The van der Waals surface area contributed by atoms with Crippen molar-refractivity contribution in [1.29, 1.82) is 5.26 Å². The molecule has 1 saturated heterocycles. The van der Waals surface area contributed by atoms with Crippen LogP contribution in [0, 0.1) is 11.3 Å². The highest BCUT2D eigenvalue weighted by Crippen LogP contribution is 2.12. The zero-order valence-corrected chi connectivity index (χ0v) is 8.29. The molecular weight excluding hydrogens is 180 g/mol. The van der Waals surface area contributed by atoms with Gasteiger partial charge in [-0.2, -0.15) is 5.26 Å². The van der Waals surface area contributed by atoms with Crippen molar-refractivity contribution in [3.05, 3.63) is 0 Å². The molecular formula is C10H16N2O2. The molecule has 4 nitrogen and oxygen atoms in total. The molecule has 1 aliphatic rings. The number of unbranched alkanes of at least 4 members (excludes halogenated alkanes) is 1. The van der Waals surface area contributed by atoms with Gasteiger partial charge < -0.3 is 10.1 Å². The number of carbonyl (C=O) groups excluding carboxylic acids is 1. The fourth-order valence-electron chi connectivity index (χ4n) is 1.44. The minimum atomic E-state index is -0.258. The van der Waals surface area contributed by atoms with Gasteiger partial charge in [-0.1, -0.05) is 0 Å². The summed E-state index contributed by atoms with van der Waals surface area (Å²) in [6.45, 7) is 1.27. The van der Waals surface area contributed by atoms with E-state index in [2.05, 4.69) is 5.32 Å². The monoisotopic (exact) mass is 196 g/mol. The zero-order chi connectivity index (χ0) is 10.2. The van der Waals surface area contributed by atoms with E-state index in [0.717, 1.165) is 25.7 Å². The van der Waals surface area contributed by atoms with Crippen molar-refractivity contribution in [2.24, 2.45) is 0 Å². The van der Waals surface area contributed by atoms with Gasteiger partial charge in [-0.25, -0.2) is 0 Å². The first-order valence-electron chi connectivity index (χ1n) is 5.11. The van der Waals surface area contributed by atoms with Gasteiger partial charge in [0.1, 0.15) is 6.10 Å². The Bertz CT molecular complexity index is 217. The third-order valence-corrected chi connectivity index (χ3v) is 2.24. The molecule has 1 atom stereocenters. The Morgan fingerprint density at radius 2 is 2.43 bits per heavy atom. The van der Waals surface area contributed by atoms with E-state index in [0.29, 0.717) is 19.6 Å². The van der Waals surface area contributed by atoms with Crippen LogP contribution < -0.4 is 5.32 Å². The zero-order valence-electron chi connectivity index (χ0n) is 8.29. The molecule has 1 fully saturated rings. The lowest BCUT2D eigenvalue weighted by molar-refractivity contribution is -0.135. The first-order valence-corrected chi connectivity index (χ1v) is 5.11. The van der Waals surface area contributed by atoms with Gasteiger partial charge in [0, 0.05) is 19.6 Å². The Labute approximate surface area is 84.2 Å². The van der Waals surface area contributed by atoms with Crippen LogP contribution in [0.4, 0.5) is 0 Å². The lowest BCUT2D eigenvalue weighted by Crippen LogP contribution is -2.38. The maximum absolute atomic E-state index is 11.4. The molecule has 0 bridgehead atoms. The molecule has 1 unspecified atom stereocenters. The number of nitrogens with one attached hydrogen (secondary N) is 1. The largest absolute Gasteiger partial charge is 0.368 e. The minimum Gasteiger partial charge on any atom is -0.368 e. The number of hydrogen-bond acceptors (Lipinski definition) is 3. The number of carbonyl (C=O) groups is 1. The molecule has 1 rings (SSSR count). The summed E-state index contributed by atoms with van der Waals surface area (Å²) < 4.78 is 5.32. The molecule has 14 heavy (non-hydrogen) atoms. The minimum absolute atomic E-state index is 0.0253. The number of nitriles is 1. The molecule has 0 radical (unpaired) electrons. The average Bonchev–Trinajstić information content (AvgIpc) is 2.25. The van der Waals surface area contributed by atoms with Crippen molar-refractivity contribution in [3.63, 3.8) is 0 Å². The van der Waals surface area contributed by atoms with Gasteiger partial charge in [-0.05, 0) is 25.7 Å². The van der Waals surface area contributed by atoms with E-state index in [1.807, 2.05) is 6.07 Å². The summed E-state index contributed by atoms with van der Waals surface area (Å²) in [6, 6.07) is 2.04. The van der Waals surface area contributed by atoms with E-state index in [9.17, 15) is 4.79 Å². The van der Waals surface area contributed by atoms with E-state index < -0.39 is 0 Å². The quantitative estimate of drug-likeness (QED) is 0.682.